The summed E-state index contributed by atoms with van der Waals surface area (Å²) in [6.45, 7) is 6.06. The minimum atomic E-state index is -1.98. The van der Waals surface area contributed by atoms with E-state index in [1.165, 1.54) is 38.5 Å². The molecule has 0 aliphatic heterocycles. The first-order valence-electron chi connectivity index (χ1n) is 5.26. The van der Waals surface area contributed by atoms with Crippen molar-refractivity contribution in [3.05, 3.63) is 0 Å². The van der Waals surface area contributed by atoms with Gasteiger partial charge in [-0.3, -0.25) is 4.80 Å². The molecule has 0 saturated heterocycles. The zero-order valence-corrected chi connectivity index (χ0v) is 9.86. The second-order valence-electron chi connectivity index (χ2n) is 4.28. The summed E-state index contributed by atoms with van der Waals surface area (Å²) in [6, 6.07) is 0.971. The molecule has 0 heterocycles. The Bertz CT molecular complexity index is 96.5. The third-order valence-electron chi connectivity index (χ3n) is 2.13. The largest absolute Gasteiger partial charge is 0.298 e. The molecule has 0 aromatic rings. The summed E-state index contributed by atoms with van der Waals surface area (Å²) in [5.41, 5.74) is 0. The van der Waals surface area contributed by atoms with Crippen LogP contribution in [0.15, 0.2) is 0 Å². The predicted octanol–water partition coefficient (Wildman–Crippen LogP) is 3.98. The van der Waals surface area contributed by atoms with Crippen LogP contribution in [-0.4, -0.2) is 8.32 Å². The maximum atomic E-state index is 11.3. The van der Waals surface area contributed by atoms with Crippen LogP contribution in [0.5, 0.6) is 0 Å². The molecule has 12 heavy (non-hydrogen) atoms. The molecular formula is C10H23OSi. The van der Waals surface area contributed by atoms with E-state index < -0.39 is 8.32 Å². The van der Waals surface area contributed by atoms with Crippen molar-refractivity contribution in [2.24, 2.45) is 0 Å². The Labute approximate surface area is 78.3 Å². The maximum Gasteiger partial charge on any atom is 0.231 e. The van der Waals surface area contributed by atoms with E-state index in [-0.39, 0.29) is 0 Å². The van der Waals surface area contributed by atoms with E-state index >= 15 is 0 Å². The Balaban J connectivity index is 3.01. The van der Waals surface area contributed by atoms with Gasteiger partial charge >= 0.3 is 0 Å². The first kappa shape index (κ1) is 12.2. The van der Waals surface area contributed by atoms with E-state index in [1.54, 1.807) is 0 Å². The van der Waals surface area contributed by atoms with Crippen molar-refractivity contribution in [3.63, 3.8) is 0 Å². The van der Waals surface area contributed by atoms with Gasteiger partial charge in [0, 0.05) is 0 Å². The molecule has 1 radical (unpaired) electrons. The van der Waals surface area contributed by atoms with E-state index in [9.17, 15) is 4.80 Å². The van der Waals surface area contributed by atoms with Crippen molar-refractivity contribution in [3.8, 4) is 0 Å². The monoisotopic (exact) mass is 187 g/mol. The van der Waals surface area contributed by atoms with E-state index in [0.717, 1.165) is 6.04 Å². The van der Waals surface area contributed by atoms with E-state index in [0.29, 0.717) is 0 Å². The number of rotatable bonds is 7. The van der Waals surface area contributed by atoms with Crippen LogP contribution in [0.4, 0.5) is 0 Å². The van der Waals surface area contributed by atoms with E-state index in [4.69, 9.17) is 0 Å². The second-order valence-corrected chi connectivity index (χ2v) is 8.30. The topological polar surface area (TPSA) is 19.9 Å². The number of unbranched alkanes of at least 4 members (excludes halogenated alkanes) is 5. The van der Waals surface area contributed by atoms with Crippen LogP contribution in [0.2, 0.25) is 19.1 Å². The van der Waals surface area contributed by atoms with Gasteiger partial charge in [-0.05, 0) is 19.1 Å². The Hall–Kier alpha value is 0.177. The van der Waals surface area contributed by atoms with Gasteiger partial charge in [0.15, 0.2) is 0 Å². The lowest BCUT2D eigenvalue weighted by molar-refractivity contribution is 0.424. The molecule has 0 N–H and O–H groups in total. The maximum absolute atomic E-state index is 11.3. The summed E-state index contributed by atoms with van der Waals surface area (Å²) >= 11 is 0. The standard InChI is InChI=1S/C10H23OSi/c1-4-5-6-7-8-9-10-12(2,3)11/h4-10H2,1-3H3. The lowest BCUT2D eigenvalue weighted by Gasteiger charge is -2.09. The van der Waals surface area contributed by atoms with Crippen molar-refractivity contribution in [1.82, 2.24) is 0 Å². The molecule has 0 bridgehead atoms. The minimum absolute atomic E-state index is 0.971. The van der Waals surface area contributed by atoms with Crippen molar-refractivity contribution in [1.29, 1.82) is 0 Å². The molecule has 0 spiro atoms. The summed E-state index contributed by atoms with van der Waals surface area (Å²) in [5.74, 6) is 0. The average molecular weight is 187 g/mol. The molecule has 2 heteroatoms. The van der Waals surface area contributed by atoms with Crippen LogP contribution in [0.3, 0.4) is 0 Å². The molecular weight excluding hydrogens is 164 g/mol. The molecule has 0 atom stereocenters. The highest BCUT2D eigenvalue weighted by Crippen LogP contribution is 2.13. The molecule has 0 aliphatic carbocycles. The first-order chi connectivity index (χ1) is 5.56. The molecule has 0 unspecified atom stereocenters. The van der Waals surface area contributed by atoms with Crippen molar-refractivity contribution in [2.75, 3.05) is 0 Å². The summed E-state index contributed by atoms with van der Waals surface area (Å²) in [7, 11) is -1.98. The summed E-state index contributed by atoms with van der Waals surface area (Å²) in [5, 5.41) is 0. The van der Waals surface area contributed by atoms with Gasteiger partial charge < -0.3 is 0 Å². The van der Waals surface area contributed by atoms with Crippen molar-refractivity contribution in [2.45, 2.75) is 64.6 Å². The second kappa shape index (κ2) is 6.67. The van der Waals surface area contributed by atoms with Crippen LogP contribution in [0.25, 0.3) is 0 Å². The smallest absolute Gasteiger partial charge is 0.231 e. The van der Waals surface area contributed by atoms with Crippen molar-refractivity contribution < 1.29 is 4.80 Å². The van der Waals surface area contributed by atoms with Crippen LogP contribution in [0.1, 0.15) is 45.4 Å². The molecule has 0 amide bonds. The highest BCUT2D eigenvalue weighted by molar-refractivity contribution is 6.69. The molecule has 73 valence electrons. The highest BCUT2D eigenvalue weighted by Gasteiger charge is 2.18. The van der Waals surface area contributed by atoms with Gasteiger partial charge in [0.1, 0.15) is 0 Å². The molecule has 0 aliphatic rings. The molecule has 0 aromatic carbocycles. The van der Waals surface area contributed by atoms with Gasteiger partial charge in [0.25, 0.3) is 0 Å². The van der Waals surface area contributed by atoms with Gasteiger partial charge in [-0.15, -0.1) is 0 Å². The molecule has 0 fully saturated rings. The molecule has 0 aromatic heterocycles. The van der Waals surface area contributed by atoms with Gasteiger partial charge in [-0.2, -0.15) is 0 Å². The minimum Gasteiger partial charge on any atom is -0.298 e. The molecule has 1 nitrogen and oxygen atoms in total. The normalized spacial score (nSPS) is 12.0. The van der Waals surface area contributed by atoms with Crippen molar-refractivity contribution >= 4 is 8.32 Å². The lowest BCUT2D eigenvalue weighted by Crippen LogP contribution is -2.21. The Morgan fingerprint density at radius 2 is 1.42 bits per heavy atom. The molecule has 0 saturated carbocycles. The van der Waals surface area contributed by atoms with Crippen LogP contribution < -0.4 is 0 Å². The Morgan fingerprint density at radius 3 is 1.92 bits per heavy atom. The lowest BCUT2D eigenvalue weighted by atomic mass is 10.1. The first-order valence-corrected chi connectivity index (χ1v) is 8.38. The third-order valence-corrected chi connectivity index (χ3v) is 3.69. The summed E-state index contributed by atoms with van der Waals surface area (Å²) < 4.78 is 0. The predicted molar refractivity (Wildman–Crippen MR) is 56.4 cm³/mol. The Kier molecular flexibility index (Phi) is 6.77. The van der Waals surface area contributed by atoms with E-state index in [1.807, 2.05) is 13.1 Å². The average Bonchev–Trinajstić information content (AvgIpc) is 1.94. The van der Waals surface area contributed by atoms with Gasteiger partial charge in [-0.25, -0.2) is 0 Å². The fourth-order valence-corrected chi connectivity index (χ4v) is 2.43. The Morgan fingerprint density at radius 1 is 0.917 bits per heavy atom. The summed E-state index contributed by atoms with van der Waals surface area (Å²) in [4.78, 5) is 11.3. The zero-order chi connectivity index (χ0) is 9.45. The molecule has 0 rings (SSSR count). The van der Waals surface area contributed by atoms with Crippen LogP contribution >= 0.6 is 0 Å². The van der Waals surface area contributed by atoms with Crippen LogP contribution in [-0.2, 0) is 4.80 Å². The fraction of sp³-hybridized carbons (Fsp3) is 1.00. The fourth-order valence-electron chi connectivity index (χ4n) is 1.33. The summed E-state index contributed by atoms with van der Waals surface area (Å²) in [6.07, 6.45) is 7.81. The van der Waals surface area contributed by atoms with Gasteiger partial charge in [0.05, 0.1) is 0 Å². The number of hydrogen-bond donors (Lipinski definition) is 0. The number of hydrogen-bond acceptors (Lipinski definition) is 0. The quantitative estimate of drug-likeness (QED) is 0.424. The van der Waals surface area contributed by atoms with Gasteiger partial charge in [0.2, 0.25) is 8.32 Å². The van der Waals surface area contributed by atoms with Gasteiger partial charge in [-0.1, -0.05) is 45.4 Å². The third kappa shape index (κ3) is 10.2. The SMILES string of the molecule is CCCCCCCC[Si](C)(C)[O]. The van der Waals surface area contributed by atoms with E-state index in [2.05, 4.69) is 6.92 Å². The highest BCUT2D eigenvalue weighted by atomic mass is 28.4. The van der Waals surface area contributed by atoms with Crippen LogP contribution in [0, 0.1) is 0 Å². The zero-order valence-electron chi connectivity index (χ0n) is 8.86.